The highest BCUT2D eigenvalue weighted by Gasteiger charge is 2.05. The number of aryl methyl sites for hydroxylation is 3. The van der Waals surface area contributed by atoms with Gasteiger partial charge in [0.2, 0.25) is 0 Å². The molecule has 0 unspecified atom stereocenters. The number of fused-ring (bicyclic) bond motifs is 1. The molecule has 0 saturated carbocycles. The molecule has 96 valence electrons. The lowest BCUT2D eigenvalue weighted by Crippen LogP contribution is -2.15. The summed E-state index contributed by atoms with van der Waals surface area (Å²) in [6.45, 7) is 1.90. The summed E-state index contributed by atoms with van der Waals surface area (Å²) >= 11 is 0. The lowest BCUT2D eigenvalue weighted by Gasteiger charge is -2.01. The van der Waals surface area contributed by atoms with Gasteiger partial charge in [-0.05, 0) is 31.9 Å². The smallest absolute Gasteiger partial charge is 0.272 e. The first-order chi connectivity index (χ1) is 9.22. The van der Waals surface area contributed by atoms with E-state index in [-0.39, 0.29) is 5.56 Å². The molecule has 0 radical (unpaired) electrons. The Kier molecular flexibility index (Phi) is 2.87. The molecule has 3 aromatic rings. The van der Waals surface area contributed by atoms with Gasteiger partial charge in [0.15, 0.2) is 5.65 Å². The molecular formula is C14H14N4O. The van der Waals surface area contributed by atoms with Crippen LogP contribution in [0.2, 0.25) is 0 Å². The molecule has 0 atom stereocenters. The van der Waals surface area contributed by atoms with Crippen LogP contribution in [0.3, 0.4) is 0 Å². The van der Waals surface area contributed by atoms with Crippen LogP contribution >= 0.6 is 0 Å². The van der Waals surface area contributed by atoms with Gasteiger partial charge in [-0.2, -0.15) is 0 Å². The SMILES string of the molecule is Cc1cc2nc(CCc3ccccn3)cc(=O)n2[nH]1. The first-order valence-corrected chi connectivity index (χ1v) is 6.20. The first kappa shape index (κ1) is 11.6. The summed E-state index contributed by atoms with van der Waals surface area (Å²) in [6.07, 6.45) is 3.27. The maximum absolute atomic E-state index is 11.9. The van der Waals surface area contributed by atoms with Gasteiger partial charge in [0.25, 0.3) is 5.56 Å². The van der Waals surface area contributed by atoms with Crippen molar-refractivity contribution >= 4 is 5.65 Å². The molecule has 5 heteroatoms. The van der Waals surface area contributed by atoms with E-state index in [2.05, 4.69) is 15.1 Å². The second-order valence-electron chi connectivity index (χ2n) is 4.54. The van der Waals surface area contributed by atoms with E-state index in [1.54, 1.807) is 12.3 Å². The maximum Gasteiger partial charge on any atom is 0.272 e. The first-order valence-electron chi connectivity index (χ1n) is 6.20. The Balaban J connectivity index is 1.87. The minimum Gasteiger partial charge on any atom is -0.294 e. The van der Waals surface area contributed by atoms with Crippen LogP contribution in [-0.2, 0) is 12.8 Å². The summed E-state index contributed by atoms with van der Waals surface area (Å²) in [5, 5.41) is 2.96. The minimum absolute atomic E-state index is 0.0749. The number of aromatic amines is 1. The minimum atomic E-state index is -0.0749. The van der Waals surface area contributed by atoms with Crippen molar-refractivity contribution in [3.8, 4) is 0 Å². The van der Waals surface area contributed by atoms with E-state index < -0.39 is 0 Å². The van der Waals surface area contributed by atoms with Crippen LogP contribution in [0, 0.1) is 6.92 Å². The number of rotatable bonds is 3. The molecule has 19 heavy (non-hydrogen) atoms. The van der Waals surface area contributed by atoms with Crippen molar-refractivity contribution < 1.29 is 0 Å². The van der Waals surface area contributed by atoms with Crippen molar-refractivity contribution in [2.45, 2.75) is 19.8 Å². The van der Waals surface area contributed by atoms with Crippen LogP contribution in [-0.4, -0.2) is 19.6 Å². The number of pyridine rings is 1. The van der Waals surface area contributed by atoms with Gasteiger partial charge in [-0.1, -0.05) is 6.07 Å². The van der Waals surface area contributed by atoms with Crippen molar-refractivity contribution in [2.75, 3.05) is 0 Å². The van der Waals surface area contributed by atoms with Gasteiger partial charge >= 0.3 is 0 Å². The highest BCUT2D eigenvalue weighted by Crippen LogP contribution is 2.04. The molecule has 5 nitrogen and oxygen atoms in total. The summed E-state index contributed by atoms with van der Waals surface area (Å²) in [6, 6.07) is 9.27. The van der Waals surface area contributed by atoms with Crippen LogP contribution in [0.15, 0.2) is 41.3 Å². The molecule has 3 heterocycles. The van der Waals surface area contributed by atoms with Crippen LogP contribution in [0.4, 0.5) is 0 Å². The van der Waals surface area contributed by atoms with Gasteiger partial charge in [-0.25, -0.2) is 9.50 Å². The third kappa shape index (κ3) is 2.40. The van der Waals surface area contributed by atoms with Crippen molar-refractivity contribution in [1.82, 2.24) is 19.6 Å². The van der Waals surface area contributed by atoms with Crippen LogP contribution in [0.1, 0.15) is 17.1 Å². The van der Waals surface area contributed by atoms with Gasteiger partial charge in [0.1, 0.15) is 0 Å². The molecule has 0 amide bonds. The summed E-state index contributed by atoms with van der Waals surface area (Å²) < 4.78 is 1.46. The monoisotopic (exact) mass is 254 g/mol. The summed E-state index contributed by atoms with van der Waals surface area (Å²) in [7, 11) is 0. The van der Waals surface area contributed by atoms with Crippen molar-refractivity contribution in [3.05, 3.63) is 64.0 Å². The molecule has 0 spiro atoms. The molecule has 0 aliphatic rings. The molecule has 0 bridgehead atoms. The van der Waals surface area contributed by atoms with E-state index in [9.17, 15) is 4.79 Å². The lowest BCUT2D eigenvalue weighted by molar-refractivity contribution is 0.834. The highest BCUT2D eigenvalue weighted by atomic mass is 16.1. The second-order valence-corrected chi connectivity index (χ2v) is 4.54. The normalized spacial score (nSPS) is 11.0. The Morgan fingerprint density at radius 1 is 1.21 bits per heavy atom. The molecule has 0 aromatic carbocycles. The third-order valence-corrected chi connectivity index (χ3v) is 2.99. The van der Waals surface area contributed by atoms with Crippen LogP contribution < -0.4 is 5.56 Å². The van der Waals surface area contributed by atoms with E-state index >= 15 is 0 Å². The fourth-order valence-electron chi connectivity index (χ4n) is 2.09. The predicted molar refractivity (Wildman–Crippen MR) is 72.2 cm³/mol. The Bertz CT molecular complexity index is 758. The number of aromatic nitrogens is 4. The molecule has 0 fully saturated rings. The highest BCUT2D eigenvalue weighted by molar-refractivity contribution is 5.39. The van der Waals surface area contributed by atoms with Gasteiger partial charge < -0.3 is 0 Å². The number of nitrogens with one attached hydrogen (secondary N) is 1. The zero-order valence-electron chi connectivity index (χ0n) is 10.6. The number of hydrogen-bond donors (Lipinski definition) is 1. The Hall–Kier alpha value is -2.43. The van der Waals surface area contributed by atoms with E-state index in [4.69, 9.17) is 0 Å². The third-order valence-electron chi connectivity index (χ3n) is 2.99. The second kappa shape index (κ2) is 4.68. The summed E-state index contributed by atoms with van der Waals surface area (Å²) in [4.78, 5) is 20.6. The van der Waals surface area contributed by atoms with Gasteiger partial charge in [-0.15, -0.1) is 0 Å². The fourth-order valence-corrected chi connectivity index (χ4v) is 2.09. The van der Waals surface area contributed by atoms with Gasteiger partial charge in [0, 0.05) is 35.4 Å². The van der Waals surface area contributed by atoms with Gasteiger partial charge in [-0.3, -0.25) is 14.9 Å². The van der Waals surface area contributed by atoms with Gasteiger partial charge in [0.05, 0.1) is 0 Å². The number of hydrogen-bond acceptors (Lipinski definition) is 3. The van der Waals surface area contributed by atoms with Crippen molar-refractivity contribution in [3.63, 3.8) is 0 Å². The Morgan fingerprint density at radius 2 is 2.05 bits per heavy atom. The van der Waals surface area contributed by atoms with Crippen LogP contribution in [0.5, 0.6) is 0 Å². The zero-order valence-corrected chi connectivity index (χ0v) is 10.6. The largest absolute Gasteiger partial charge is 0.294 e. The van der Waals surface area contributed by atoms with E-state index in [1.165, 1.54) is 4.52 Å². The quantitative estimate of drug-likeness (QED) is 0.770. The maximum atomic E-state index is 11.9. The molecule has 3 aromatic heterocycles. The fraction of sp³-hybridized carbons (Fsp3) is 0.214. The number of H-pyrrole nitrogens is 1. The van der Waals surface area contributed by atoms with Crippen LogP contribution in [0.25, 0.3) is 5.65 Å². The van der Waals surface area contributed by atoms with E-state index in [1.807, 2.05) is 31.2 Å². The van der Waals surface area contributed by atoms with Crippen molar-refractivity contribution in [1.29, 1.82) is 0 Å². The zero-order chi connectivity index (χ0) is 13.2. The predicted octanol–water partition coefficient (Wildman–Crippen LogP) is 1.51. The molecule has 1 N–H and O–H groups in total. The molecular weight excluding hydrogens is 240 g/mol. The van der Waals surface area contributed by atoms with E-state index in [0.717, 1.165) is 23.5 Å². The summed E-state index contributed by atoms with van der Waals surface area (Å²) in [5.74, 6) is 0. The van der Waals surface area contributed by atoms with E-state index in [0.29, 0.717) is 12.1 Å². The molecule has 0 aliphatic heterocycles. The summed E-state index contributed by atoms with van der Waals surface area (Å²) in [5.41, 5.74) is 3.33. The number of nitrogens with zero attached hydrogens (tertiary/aromatic N) is 3. The average Bonchev–Trinajstić information content (AvgIpc) is 2.79. The Morgan fingerprint density at radius 3 is 2.84 bits per heavy atom. The lowest BCUT2D eigenvalue weighted by atomic mass is 10.2. The molecule has 0 saturated heterocycles. The molecule has 3 rings (SSSR count). The average molecular weight is 254 g/mol. The van der Waals surface area contributed by atoms with Crippen molar-refractivity contribution in [2.24, 2.45) is 0 Å². The Labute approximate surface area is 109 Å². The standard InChI is InChI=1S/C14H14N4O/c1-10-8-13-16-12(9-14(19)18(13)17-10)6-5-11-4-2-3-7-15-11/h2-4,7-9,17H,5-6H2,1H3. The topological polar surface area (TPSA) is 63.1 Å². The molecule has 0 aliphatic carbocycles.